The van der Waals surface area contributed by atoms with E-state index in [-0.39, 0.29) is 19.2 Å². The molecule has 0 amide bonds. The molecule has 1 aromatic carbocycles. The minimum absolute atomic E-state index is 0. The van der Waals surface area contributed by atoms with Crippen LogP contribution in [0.2, 0.25) is 0 Å². The van der Waals surface area contributed by atoms with Crippen LogP contribution in [0.15, 0.2) is 12.1 Å². The summed E-state index contributed by atoms with van der Waals surface area (Å²) in [5.74, 6) is 2.17. The molecule has 5 heteroatoms. The fourth-order valence-corrected chi connectivity index (χ4v) is 1.56. The van der Waals surface area contributed by atoms with Crippen LogP contribution < -0.4 is 19.9 Å². The van der Waals surface area contributed by atoms with Gasteiger partial charge in [-0.25, -0.2) is 0 Å². The van der Waals surface area contributed by atoms with Crippen molar-refractivity contribution in [2.24, 2.45) is 5.73 Å². The highest BCUT2D eigenvalue weighted by Gasteiger charge is 2.20. The molecule has 0 spiro atoms. The van der Waals surface area contributed by atoms with Crippen LogP contribution in [0.5, 0.6) is 17.2 Å². The Morgan fingerprint density at radius 3 is 2.87 bits per heavy atom. The number of ether oxygens (including phenoxy) is 3. The summed E-state index contributed by atoms with van der Waals surface area (Å²) in [4.78, 5) is 0. The number of hydrogen-bond donors (Lipinski definition) is 1. The summed E-state index contributed by atoms with van der Waals surface area (Å²) in [5, 5.41) is 0. The Labute approximate surface area is 94.7 Å². The number of fused-ring (bicyclic) bond motifs is 1. The van der Waals surface area contributed by atoms with E-state index in [2.05, 4.69) is 0 Å². The first-order valence-electron chi connectivity index (χ1n) is 4.52. The number of nitrogens with two attached hydrogens (primary N) is 1. The molecule has 2 rings (SSSR count). The van der Waals surface area contributed by atoms with Crippen LogP contribution in [0.4, 0.5) is 0 Å². The first kappa shape index (κ1) is 11.9. The average Bonchev–Trinajstić information content (AvgIpc) is 2.66. The van der Waals surface area contributed by atoms with E-state index in [9.17, 15) is 0 Å². The van der Waals surface area contributed by atoms with Gasteiger partial charge in [-0.15, -0.1) is 12.4 Å². The number of hydrogen-bond acceptors (Lipinski definition) is 4. The highest BCUT2D eigenvalue weighted by atomic mass is 35.5. The van der Waals surface area contributed by atoms with Gasteiger partial charge in [0.2, 0.25) is 12.5 Å². The van der Waals surface area contributed by atoms with Crippen LogP contribution in [0, 0.1) is 0 Å². The SMILES string of the molecule is COc1c(CCN)ccc2c1OCO2.Cl. The molecule has 2 N–H and O–H groups in total. The maximum absolute atomic E-state index is 5.50. The molecule has 0 radical (unpaired) electrons. The summed E-state index contributed by atoms with van der Waals surface area (Å²) < 4.78 is 15.8. The number of rotatable bonds is 3. The van der Waals surface area contributed by atoms with Gasteiger partial charge < -0.3 is 19.9 Å². The van der Waals surface area contributed by atoms with Crippen LogP contribution >= 0.6 is 12.4 Å². The smallest absolute Gasteiger partial charge is 0.231 e. The van der Waals surface area contributed by atoms with Gasteiger partial charge >= 0.3 is 0 Å². The van der Waals surface area contributed by atoms with Crippen LogP contribution in [0.1, 0.15) is 5.56 Å². The van der Waals surface area contributed by atoms with Crippen molar-refractivity contribution in [1.29, 1.82) is 0 Å². The van der Waals surface area contributed by atoms with Crippen LogP contribution in [-0.4, -0.2) is 20.4 Å². The lowest BCUT2D eigenvalue weighted by atomic mass is 10.1. The molecule has 15 heavy (non-hydrogen) atoms. The third kappa shape index (κ3) is 2.11. The Kier molecular flexibility index (Phi) is 4.05. The normalized spacial score (nSPS) is 12.1. The topological polar surface area (TPSA) is 53.7 Å². The van der Waals surface area contributed by atoms with Crippen LogP contribution in [-0.2, 0) is 6.42 Å². The zero-order valence-electron chi connectivity index (χ0n) is 8.49. The standard InChI is InChI=1S/C10H13NO3.ClH/c1-12-9-7(4-5-11)2-3-8-10(9)14-6-13-8;/h2-3H,4-6,11H2,1H3;1H. The second-order valence-electron chi connectivity index (χ2n) is 3.03. The molecule has 0 saturated heterocycles. The predicted octanol–water partition coefficient (Wildman–Crippen LogP) is 1.35. The highest BCUT2D eigenvalue weighted by Crippen LogP contribution is 2.42. The van der Waals surface area contributed by atoms with Gasteiger partial charge in [-0.3, -0.25) is 0 Å². The number of halogens is 1. The van der Waals surface area contributed by atoms with Gasteiger partial charge in [0.1, 0.15) is 0 Å². The van der Waals surface area contributed by atoms with Gasteiger partial charge in [0.05, 0.1) is 7.11 Å². The van der Waals surface area contributed by atoms with Crippen LogP contribution in [0.25, 0.3) is 0 Å². The van der Waals surface area contributed by atoms with E-state index in [4.69, 9.17) is 19.9 Å². The van der Waals surface area contributed by atoms with Crippen molar-refractivity contribution in [3.8, 4) is 17.2 Å². The average molecular weight is 232 g/mol. The summed E-state index contributed by atoms with van der Waals surface area (Å²) >= 11 is 0. The molecule has 0 unspecified atom stereocenters. The summed E-state index contributed by atoms with van der Waals surface area (Å²) in [6.07, 6.45) is 0.778. The molecule has 4 nitrogen and oxygen atoms in total. The molecule has 1 heterocycles. The zero-order valence-corrected chi connectivity index (χ0v) is 9.30. The van der Waals surface area contributed by atoms with Crippen molar-refractivity contribution >= 4 is 12.4 Å². The Bertz CT molecular complexity index is 344. The van der Waals surface area contributed by atoms with Crippen molar-refractivity contribution in [2.75, 3.05) is 20.4 Å². The molecule has 0 saturated carbocycles. The minimum atomic E-state index is 0. The Hall–Kier alpha value is -1.13. The van der Waals surface area contributed by atoms with E-state index in [1.165, 1.54) is 0 Å². The van der Waals surface area contributed by atoms with E-state index in [0.29, 0.717) is 12.3 Å². The van der Waals surface area contributed by atoms with Crippen molar-refractivity contribution in [1.82, 2.24) is 0 Å². The van der Waals surface area contributed by atoms with Gasteiger partial charge in [0.15, 0.2) is 11.5 Å². The van der Waals surface area contributed by atoms with Gasteiger partial charge in [-0.05, 0) is 24.6 Å². The second kappa shape index (κ2) is 5.09. The first-order chi connectivity index (χ1) is 6.86. The van der Waals surface area contributed by atoms with Gasteiger partial charge in [0, 0.05) is 0 Å². The van der Waals surface area contributed by atoms with Gasteiger partial charge in [0.25, 0.3) is 0 Å². The van der Waals surface area contributed by atoms with E-state index < -0.39 is 0 Å². The predicted molar refractivity (Wildman–Crippen MR) is 59.1 cm³/mol. The van der Waals surface area contributed by atoms with Crippen molar-refractivity contribution < 1.29 is 14.2 Å². The Morgan fingerprint density at radius 1 is 1.40 bits per heavy atom. The summed E-state index contributed by atoms with van der Waals surface area (Å²) in [6, 6.07) is 3.84. The van der Waals surface area contributed by atoms with Crippen LogP contribution in [0.3, 0.4) is 0 Å². The molecule has 1 aliphatic heterocycles. The van der Waals surface area contributed by atoms with Crippen molar-refractivity contribution in [3.05, 3.63) is 17.7 Å². The molecule has 0 bridgehead atoms. The molecular weight excluding hydrogens is 218 g/mol. The van der Waals surface area contributed by atoms with E-state index >= 15 is 0 Å². The maximum Gasteiger partial charge on any atom is 0.231 e. The molecule has 1 aliphatic rings. The monoisotopic (exact) mass is 231 g/mol. The molecule has 1 aromatic rings. The van der Waals surface area contributed by atoms with Crippen molar-refractivity contribution in [3.63, 3.8) is 0 Å². The Balaban J connectivity index is 0.00000112. The Morgan fingerprint density at radius 2 is 2.20 bits per heavy atom. The number of methoxy groups -OCH3 is 1. The lowest BCUT2D eigenvalue weighted by molar-refractivity contribution is 0.171. The molecule has 0 aliphatic carbocycles. The summed E-state index contributed by atoms with van der Waals surface area (Å²) in [6.45, 7) is 0.855. The third-order valence-corrected chi connectivity index (χ3v) is 2.19. The maximum atomic E-state index is 5.50. The molecule has 0 atom stereocenters. The molecular formula is C10H14ClNO3. The molecule has 84 valence electrons. The third-order valence-electron chi connectivity index (χ3n) is 2.19. The lowest BCUT2D eigenvalue weighted by Gasteiger charge is -2.09. The van der Waals surface area contributed by atoms with Gasteiger partial charge in [-0.2, -0.15) is 0 Å². The fraction of sp³-hybridized carbons (Fsp3) is 0.400. The molecule has 0 aromatic heterocycles. The van der Waals surface area contributed by atoms with Gasteiger partial charge in [-0.1, -0.05) is 6.07 Å². The van der Waals surface area contributed by atoms with E-state index in [0.717, 1.165) is 23.5 Å². The highest BCUT2D eigenvalue weighted by molar-refractivity contribution is 5.85. The van der Waals surface area contributed by atoms with Crippen molar-refractivity contribution in [2.45, 2.75) is 6.42 Å². The first-order valence-corrected chi connectivity index (χ1v) is 4.52. The summed E-state index contributed by atoms with van der Waals surface area (Å²) in [7, 11) is 1.62. The fourth-order valence-electron chi connectivity index (χ4n) is 1.56. The lowest BCUT2D eigenvalue weighted by Crippen LogP contribution is -2.04. The zero-order chi connectivity index (χ0) is 9.97. The molecule has 0 fully saturated rings. The van der Waals surface area contributed by atoms with E-state index in [1.807, 2.05) is 12.1 Å². The van der Waals surface area contributed by atoms with E-state index in [1.54, 1.807) is 7.11 Å². The number of benzene rings is 1. The quantitative estimate of drug-likeness (QED) is 0.853. The summed E-state index contributed by atoms with van der Waals surface area (Å²) in [5.41, 5.74) is 6.56. The largest absolute Gasteiger partial charge is 0.492 e. The minimum Gasteiger partial charge on any atom is -0.492 e. The second-order valence-corrected chi connectivity index (χ2v) is 3.03.